The first-order valence-corrected chi connectivity index (χ1v) is 8.21. The highest BCUT2D eigenvalue weighted by Gasteiger charge is 2.21. The van der Waals surface area contributed by atoms with Gasteiger partial charge < -0.3 is 10.6 Å². The zero-order valence-electron chi connectivity index (χ0n) is 13.8. The lowest BCUT2D eigenvalue weighted by atomic mass is 9.99. The lowest BCUT2D eigenvalue weighted by molar-refractivity contribution is -0.124. The number of hydrogen-bond donors (Lipinski definition) is 2. The molecule has 4 nitrogen and oxygen atoms in total. The zero-order valence-corrected chi connectivity index (χ0v) is 13.8. The second-order valence-corrected chi connectivity index (χ2v) is 6.73. The first-order valence-electron chi connectivity index (χ1n) is 8.21. The maximum atomic E-state index is 12.2. The van der Waals surface area contributed by atoms with Gasteiger partial charge in [-0.05, 0) is 65.1 Å². The van der Waals surface area contributed by atoms with E-state index in [-0.39, 0.29) is 11.4 Å². The highest BCUT2D eigenvalue weighted by atomic mass is 16.2. The van der Waals surface area contributed by atoms with E-state index in [4.69, 9.17) is 0 Å². The van der Waals surface area contributed by atoms with Crippen LogP contribution in [0.25, 0.3) is 0 Å². The molecule has 1 unspecified atom stereocenters. The van der Waals surface area contributed by atoms with E-state index >= 15 is 0 Å². The molecule has 0 saturated carbocycles. The number of piperidine rings is 1. The topological polar surface area (TPSA) is 44.4 Å². The number of hydrogen-bond acceptors (Lipinski definition) is 3. The Morgan fingerprint density at radius 3 is 2.70 bits per heavy atom. The Hall–Kier alpha value is -0.610. The molecule has 0 aliphatic carbocycles. The monoisotopic (exact) mass is 283 g/mol. The molecule has 2 N–H and O–H groups in total. The van der Waals surface area contributed by atoms with Crippen molar-refractivity contribution in [3.63, 3.8) is 0 Å². The van der Waals surface area contributed by atoms with Crippen LogP contribution in [0.1, 0.15) is 53.4 Å². The first-order chi connectivity index (χ1) is 9.46. The summed E-state index contributed by atoms with van der Waals surface area (Å²) in [6, 6.07) is 0. The summed E-state index contributed by atoms with van der Waals surface area (Å²) >= 11 is 0. The molecule has 0 aromatic heterocycles. The minimum Gasteiger partial charge on any atom is -0.350 e. The summed E-state index contributed by atoms with van der Waals surface area (Å²) < 4.78 is 0. The van der Waals surface area contributed by atoms with Crippen molar-refractivity contribution in [3.8, 4) is 0 Å². The minimum absolute atomic E-state index is 0.0959. The standard InChI is InChI=1S/C16H33N3O/c1-5-10-19(12-14-8-7-9-17-11-14)13-15(20)18-16(3,4)6-2/h14,17H,5-13H2,1-4H3,(H,18,20). The molecule has 1 aliphatic heterocycles. The van der Waals surface area contributed by atoms with Gasteiger partial charge >= 0.3 is 0 Å². The van der Waals surface area contributed by atoms with Gasteiger partial charge in [0.15, 0.2) is 0 Å². The van der Waals surface area contributed by atoms with Gasteiger partial charge in [-0.1, -0.05) is 13.8 Å². The molecule has 1 saturated heterocycles. The Bertz CT molecular complexity index is 285. The van der Waals surface area contributed by atoms with Gasteiger partial charge in [-0.2, -0.15) is 0 Å². The average Bonchev–Trinajstić information content (AvgIpc) is 2.39. The second-order valence-electron chi connectivity index (χ2n) is 6.73. The van der Waals surface area contributed by atoms with Crippen molar-refractivity contribution >= 4 is 5.91 Å². The Kier molecular flexibility index (Phi) is 7.52. The summed E-state index contributed by atoms with van der Waals surface area (Å²) in [5.41, 5.74) is -0.0959. The van der Waals surface area contributed by atoms with E-state index in [1.54, 1.807) is 0 Å². The number of rotatable bonds is 8. The van der Waals surface area contributed by atoms with Crippen LogP contribution in [0.15, 0.2) is 0 Å². The molecule has 0 spiro atoms. The largest absolute Gasteiger partial charge is 0.350 e. The predicted molar refractivity (Wildman–Crippen MR) is 84.8 cm³/mol. The maximum absolute atomic E-state index is 12.2. The summed E-state index contributed by atoms with van der Waals surface area (Å²) in [6.45, 7) is 13.3. The lowest BCUT2D eigenvalue weighted by Crippen LogP contribution is -2.49. The molecule has 1 rings (SSSR count). The van der Waals surface area contributed by atoms with E-state index in [1.807, 2.05) is 0 Å². The van der Waals surface area contributed by atoms with E-state index in [1.165, 1.54) is 12.8 Å². The van der Waals surface area contributed by atoms with Gasteiger partial charge in [-0.25, -0.2) is 0 Å². The van der Waals surface area contributed by atoms with Crippen molar-refractivity contribution in [1.29, 1.82) is 0 Å². The van der Waals surface area contributed by atoms with Crippen LogP contribution in [0, 0.1) is 5.92 Å². The minimum atomic E-state index is -0.0959. The van der Waals surface area contributed by atoms with Crippen molar-refractivity contribution in [2.45, 2.75) is 58.9 Å². The van der Waals surface area contributed by atoms with Crippen molar-refractivity contribution in [3.05, 3.63) is 0 Å². The van der Waals surface area contributed by atoms with E-state index in [0.717, 1.165) is 39.0 Å². The third-order valence-electron chi connectivity index (χ3n) is 4.18. The Balaban J connectivity index is 2.42. The van der Waals surface area contributed by atoms with E-state index in [2.05, 4.69) is 43.2 Å². The average molecular weight is 283 g/mol. The van der Waals surface area contributed by atoms with Crippen LogP contribution in [0.5, 0.6) is 0 Å². The number of carbonyl (C=O) groups is 1. The van der Waals surface area contributed by atoms with Crippen LogP contribution < -0.4 is 10.6 Å². The molecule has 0 aromatic rings. The van der Waals surface area contributed by atoms with Gasteiger partial charge in [0.1, 0.15) is 0 Å². The maximum Gasteiger partial charge on any atom is 0.234 e. The summed E-state index contributed by atoms with van der Waals surface area (Å²) in [5.74, 6) is 0.858. The van der Waals surface area contributed by atoms with Crippen LogP contribution in [0.2, 0.25) is 0 Å². The Morgan fingerprint density at radius 2 is 2.15 bits per heavy atom. The van der Waals surface area contributed by atoms with E-state index in [0.29, 0.717) is 12.5 Å². The van der Waals surface area contributed by atoms with Gasteiger partial charge in [-0.15, -0.1) is 0 Å². The molecule has 0 radical (unpaired) electrons. The number of nitrogens with one attached hydrogen (secondary N) is 2. The fourth-order valence-electron chi connectivity index (χ4n) is 2.70. The fraction of sp³-hybridized carbons (Fsp3) is 0.938. The van der Waals surface area contributed by atoms with E-state index < -0.39 is 0 Å². The highest BCUT2D eigenvalue weighted by molar-refractivity contribution is 5.78. The number of nitrogens with zero attached hydrogens (tertiary/aromatic N) is 1. The Labute approximate surface area is 124 Å². The molecule has 1 amide bonds. The normalized spacial score (nSPS) is 20.1. The summed E-state index contributed by atoms with van der Waals surface area (Å²) in [5, 5.41) is 6.59. The van der Waals surface area contributed by atoms with Crippen molar-refractivity contribution in [2.75, 3.05) is 32.7 Å². The summed E-state index contributed by atoms with van der Waals surface area (Å²) in [4.78, 5) is 14.5. The Morgan fingerprint density at radius 1 is 1.40 bits per heavy atom. The molecule has 1 heterocycles. The number of carbonyl (C=O) groups excluding carboxylic acids is 1. The van der Waals surface area contributed by atoms with Crippen LogP contribution in [0.4, 0.5) is 0 Å². The lowest BCUT2D eigenvalue weighted by Gasteiger charge is -2.31. The van der Waals surface area contributed by atoms with Crippen molar-refractivity contribution in [2.24, 2.45) is 5.92 Å². The van der Waals surface area contributed by atoms with Gasteiger partial charge in [-0.3, -0.25) is 9.69 Å². The van der Waals surface area contributed by atoms with Gasteiger partial charge in [0.2, 0.25) is 5.91 Å². The SMILES string of the molecule is CCCN(CC(=O)NC(C)(C)CC)CC1CCCNC1. The smallest absolute Gasteiger partial charge is 0.234 e. The molecule has 0 aromatic carbocycles. The van der Waals surface area contributed by atoms with Gasteiger partial charge in [0.05, 0.1) is 6.54 Å². The fourth-order valence-corrected chi connectivity index (χ4v) is 2.70. The van der Waals surface area contributed by atoms with Crippen LogP contribution in [0.3, 0.4) is 0 Å². The van der Waals surface area contributed by atoms with Gasteiger partial charge in [0.25, 0.3) is 0 Å². The third kappa shape index (κ3) is 6.71. The summed E-state index contributed by atoms with van der Waals surface area (Å²) in [6.07, 6.45) is 4.61. The van der Waals surface area contributed by atoms with Crippen LogP contribution in [-0.2, 0) is 4.79 Å². The molecule has 1 fully saturated rings. The van der Waals surface area contributed by atoms with Crippen molar-refractivity contribution in [1.82, 2.24) is 15.5 Å². The van der Waals surface area contributed by atoms with Crippen molar-refractivity contribution < 1.29 is 4.79 Å². The molecular weight excluding hydrogens is 250 g/mol. The molecule has 1 atom stereocenters. The highest BCUT2D eigenvalue weighted by Crippen LogP contribution is 2.12. The van der Waals surface area contributed by atoms with Crippen LogP contribution >= 0.6 is 0 Å². The van der Waals surface area contributed by atoms with Crippen LogP contribution in [-0.4, -0.2) is 49.1 Å². The number of amides is 1. The molecule has 118 valence electrons. The molecule has 20 heavy (non-hydrogen) atoms. The molecular formula is C16H33N3O. The zero-order chi connectivity index (χ0) is 15.0. The molecule has 1 aliphatic rings. The quantitative estimate of drug-likeness (QED) is 0.716. The molecule has 4 heteroatoms. The third-order valence-corrected chi connectivity index (χ3v) is 4.18. The second kappa shape index (κ2) is 8.63. The van der Waals surface area contributed by atoms with Gasteiger partial charge in [0, 0.05) is 12.1 Å². The molecule has 0 bridgehead atoms. The van der Waals surface area contributed by atoms with E-state index in [9.17, 15) is 4.79 Å². The predicted octanol–water partition coefficient (Wildman–Crippen LogP) is 2.00. The summed E-state index contributed by atoms with van der Waals surface area (Å²) in [7, 11) is 0. The first kappa shape index (κ1) is 17.4.